The summed E-state index contributed by atoms with van der Waals surface area (Å²) >= 11 is 0. The van der Waals surface area contributed by atoms with E-state index in [4.69, 9.17) is 14.2 Å². The number of benzene rings is 2. The molecule has 4 rings (SSSR count). The first-order chi connectivity index (χ1) is 15.8. The van der Waals surface area contributed by atoms with Crippen molar-refractivity contribution in [2.45, 2.75) is 6.92 Å². The lowest BCUT2D eigenvalue weighted by molar-refractivity contribution is -0.385. The van der Waals surface area contributed by atoms with Crippen molar-refractivity contribution in [2.75, 3.05) is 14.2 Å². The minimum atomic E-state index is -0.452. The number of pyridine rings is 1. The number of hydrogen-bond donors (Lipinski definition) is 0. The van der Waals surface area contributed by atoms with Gasteiger partial charge in [-0.25, -0.2) is 9.78 Å². The van der Waals surface area contributed by atoms with E-state index in [0.717, 1.165) is 16.5 Å². The second-order valence-corrected chi connectivity index (χ2v) is 7.38. The number of nitrogens with zero attached hydrogens (tertiary/aromatic N) is 3. The topological polar surface area (TPSA) is 106 Å². The summed E-state index contributed by atoms with van der Waals surface area (Å²) in [6.45, 7) is 1.66. The molecule has 0 aliphatic carbocycles. The van der Waals surface area contributed by atoms with Crippen LogP contribution in [0.5, 0.6) is 17.4 Å². The van der Waals surface area contributed by atoms with Crippen molar-refractivity contribution in [2.24, 2.45) is 7.05 Å². The van der Waals surface area contributed by atoms with Crippen molar-refractivity contribution in [3.05, 3.63) is 76.1 Å². The highest BCUT2D eigenvalue weighted by molar-refractivity contribution is 6.00. The molecule has 4 aromatic rings. The highest BCUT2D eigenvalue weighted by Gasteiger charge is 2.22. The molecule has 0 bridgehead atoms. The van der Waals surface area contributed by atoms with E-state index >= 15 is 0 Å². The van der Waals surface area contributed by atoms with E-state index in [0.29, 0.717) is 34.1 Å². The summed E-state index contributed by atoms with van der Waals surface area (Å²) in [5, 5.41) is 12.5. The molecule has 9 heteroatoms. The second kappa shape index (κ2) is 8.62. The zero-order valence-corrected chi connectivity index (χ0v) is 18.5. The molecule has 0 unspecified atom stereocenters. The van der Waals surface area contributed by atoms with E-state index in [1.165, 1.54) is 20.3 Å². The summed E-state index contributed by atoms with van der Waals surface area (Å²) in [6, 6.07) is 11.4. The number of esters is 1. The zero-order chi connectivity index (χ0) is 23.7. The summed E-state index contributed by atoms with van der Waals surface area (Å²) in [6.07, 6.45) is 3.48. The summed E-state index contributed by atoms with van der Waals surface area (Å²) in [5.74, 6) is 0.902. The van der Waals surface area contributed by atoms with Gasteiger partial charge in [0.1, 0.15) is 17.0 Å². The van der Waals surface area contributed by atoms with Crippen LogP contribution in [0.2, 0.25) is 0 Å². The first kappa shape index (κ1) is 21.8. The van der Waals surface area contributed by atoms with Gasteiger partial charge in [0, 0.05) is 47.6 Å². The Morgan fingerprint density at radius 1 is 1.09 bits per heavy atom. The SMILES string of the molecule is COC(=O)c1ccc(Oc2cc(C)c([N+](=O)[O-])cc2-c2cn(C)c3c(OC)nccc23)cc1. The molecule has 2 aromatic carbocycles. The van der Waals surface area contributed by atoms with Crippen LogP contribution in [0.4, 0.5) is 5.69 Å². The lowest BCUT2D eigenvalue weighted by Gasteiger charge is -2.13. The van der Waals surface area contributed by atoms with Gasteiger partial charge < -0.3 is 18.8 Å². The minimum Gasteiger partial charge on any atom is -0.479 e. The standard InChI is InChI=1S/C24H21N3O6/c1-14-11-21(33-16-7-5-15(6-8-16)24(28)32-4)18(12-20(14)27(29)30)19-13-26(2)22-17(19)9-10-25-23(22)31-3/h5-13H,1-4H3. The Morgan fingerprint density at radius 3 is 2.45 bits per heavy atom. The van der Waals surface area contributed by atoms with Crippen molar-refractivity contribution < 1.29 is 23.9 Å². The molecular weight excluding hydrogens is 426 g/mol. The molecule has 0 atom stereocenters. The van der Waals surface area contributed by atoms with E-state index in [1.54, 1.807) is 43.5 Å². The molecule has 9 nitrogen and oxygen atoms in total. The first-order valence-corrected chi connectivity index (χ1v) is 9.97. The Hall–Kier alpha value is -4.40. The van der Waals surface area contributed by atoms with Crippen LogP contribution in [-0.2, 0) is 11.8 Å². The molecule has 0 aliphatic rings. The largest absolute Gasteiger partial charge is 0.479 e. The number of carbonyl (C=O) groups is 1. The number of aromatic nitrogens is 2. The number of methoxy groups -OCH3 is 2. The lowest BCUT2D eigenvalue weighted by atomic mass is 10.0. The van der Waals surface area contributed by atoms with Crippen LogP contribution in [0.3, 0.4) is 0 Å². The van der Waals surface area contributed by atoms with Gasteiger partial charge >= 0.3 is 5.97 Å². The first-order valence-electron chi connectivity index (χ1n) is 9.97. The number of nitro benzene ring substituents is 1. The fourth-order valence-electron chi connectivity index (χ4n) is 3.75. The van der Waals surface area contributed by atoms with Gasteiger partial charge in [-0.1, -0.05) is 0 Å². The minimum absolute atomic E-state index is 0.0172. The third-order valence-corrected chi connectivity index (χ3v) is 5.34. The van der Waals surface area contributed by atoms with Gasteiger partial charge in [0.25, 0.3) is 5.69 Å². The van der Waals surface area contributed by atoms with E-state index in [2.05, 4.69) is 4.98 Å². The predicted octanol–water partition coefficient (Wildman–Crippen LogP) is 5.04. The van der Waals surface area contributed by atoms with E-state index in [9.17, 15) is 14.9 Å². The Bertz CT molecular complexity index is 1380. The molecule has 2 aromatic heterocycles. The number of aryl methyl sites for hydroxylation is 2. The molecule has 0 N–H and O–H groups in total. The number of rotatable bonds is 6. The van der Waals surface area contributed by atoms with Crippen molar-refractivity contribution >= 4 is 22.6 Å². The molecule has 0 aliphatic heterocycles. The van der Waals surface area contributed by atoms with Crippen LogP contribution in [0.15, 0.2) is 54.9 Å². The number of hydrogen-bond acceptors (Lipinski definition) is 7. The molecule has 0 fully saturated rings. The van der Waals surface area contributed by atoms with Gasteiger partial charge in [0.05, 0.1) is 24.7 Å². The maximum atomic E-state index is 11.7. The van der Waals surface area contributed by atoms with E-state index in [-0.39, 0.29) is 5.69 Å². The van der Waals surface area contributed by atoms with Crippen LogP contribution in [0, 0.1) is 17.0 Å². The van der Waals surface area contributed by atoms with Gasteiger partial charge in [-0.15, -0.1) is 0 Å². The third-order valence-electron chi connectivity index (χ3n) is 5.34. The molecule has 0 saturated heterocycles. The van der Waals surface area contributed by atoms with Gasteiger partial charge in [-0.2, -0.15) is 0 Å². The number of fused-ring (bicyclic) bond motifs is 1. The summed E-state index contributed by atoms with van der Waals surface area (Å²) in [4.78, 5) is 27.2. The van der Waals surface area contributed by atoms with Gasteiger partial charge in [0.15, 0.2) is 0 Å². The highest BCUT2D eigenvalue weighted by Crippen LogP contribution is 2.42. The maximum absolute atomic E-state index is 11.7. The van der Waals surface area contributed by atoms with Crippen LogP contribution in [0.25, 0.3) is 22.0 Å². The van der Waals surface area contributed by atoms with E-state index in [1.807, 2.05) is 23.9 Å². The smallest absolute Gasteiger partial charge is 0.337 e. The van der Waals surface area contributed by atoms with Crippen LogP contribution >= 0.6 is 0 Å². The Kier molecular flexibility index (Phi) is 5.70. The molecule has 0 radical (unpaired) electrons. The molecule has 168 valence electrons. The normalized spacial score (nSPS) is 10.8. The zero-order valence-electron chi connectivity index (χ0n) is 18.5. The van der Waals surface area contributed by atoms with Crippen LogP contribution < -0.4 is 9.47 Å². The Labute approximate surface area is 189 Å². The van der Waals surface area contributed by atoms with E-state index < -0.39 is 10.9 Å². The Morgan fingerprint density at radius 2 is 1.82 bits per heavy atom. The number of nitro groups is 1. The van der Waals surface area contributed by atoms with Crippen molar-refractivity contribution in [3.63, 3.8) is 0 Å². The highest BCUT2D eigenvalue weighted by atomic mass is 16.6. The van der Waals surface area contributed by atoms with Crippen molar-refractivity contribution in [1.29, 1.82) is 0 Å². The molecule has 2 heterocycles. The van der Waals surface area contributed by atoms with Crippen molar-refractivity contribution in [3.8, 4) is 28.5 Å². The summed E-state index contributed by atoms with van der Waals surface area (Å²) < 4.78 is 18.1. The molecule has 33 heavy (non-hydrogen) atoms. The van der Waals surface area contributed by atoms with Crippen LogP contribution in [0.1, 0.15) is 15.9 Å². The molecular formula is C24H21N3O6. The molecule has 0 spiro atoms. The predicted molar refractivity (Wildman–Crippen MR) is 122 cm³/mol. The van der Waals surface area contributed by atoms with Gasteiger partial charge in [0.2, 0.25) is 5.88 Å². The Balaban J connectivity index is 1.88. The summed E-state index contributed by atoms with van der Waals surface area (Å²) in [7, 11) is 4.70. The summed E-state index contributed by atoms with van der Waals surface area (Å²) in [5.41, 5.74) is 2.87. The average Bonchev–Trinajstić information content (AvgIpc) is 3.15. The van der Waals surface area contributed by atoms with Gasteiger partial charge in [-0.05, 0) is 43.3 Å². The average molecular weight is 447 g/mol. The maximum Gasteiger partial charge on any atom is 0.337 e. The number of carbonyl (C=O) groups excluding carboxylic acids is 1. The fourth-order valence-corrected chi connectivity index (χ4v) is 3.75. The fraction of sp³-hybridized carbons (Fsp3) is 0.167. The van der Waals surface area contributed by atoms with Crippen molar-refractivity contribution in [1.82, 2.24) is 9.55 Å². The van der Waals surface area contributed by atoms with Crippen LogP contribution in [-0.4, -0.2) is 34.7 Å². The molecule has 0 saturated carbocycles. The lowest BCUT2D eigenvalue weighted by Crippen LogP contribution is -2.00. The number of ether oxygens (including phenoxy) is 3. The van der Waals surface area contributed by atoms with Gasteiger partial charge in [-0.3, -0.25) is 10.1 Å². The second-order valence-electron chi connectivity index (χ2n) is 7.38. The third kappa shape index (κ3) is 3.96. The quantitative estimate of drug-likeness (QED) is 0.231. The molecule has 0 amide bonds. The monoisotopic (exact) mass is 447 g/mol.